The van der Waals surface area contributed by atoms with Crippen LogP contribution in [0.25, 0.3) is 6.08 Å². The van der Waals surface area contributed by atoms with Crippen molar-refractivity contribution in [2.45, 2.75) is 25.6 Å². The van der Waals surface area contributed by atoms with Crippen LogP contribution in [0.2, 0.25) is 0 Å². The van der Waals surface area contributed by atoms with Crippen molar-refractivity contribution in [2.24, 2.45) is 0 Å². The SMILES string of the molecule is CCN1C(=O)OCC1Cc1ccc(Oc2ccc(C=C3SC(=O)NC3=O)cc2C(F)(F)F)cc1. The van der Waals surface area contributed by atoms with Crippen molar-refractivity contribution in [1.29, 1.82) is 0 Å². The van der Waals surface area contributed by atoms with Gasteiger partial charge in [-0.1, -0.05) is 18.2 Å². The number of thioether (sulfide) groups is 1. The summed E-state index contributed by atoms with van der Waals surface area (Å²) in [5.41, 5.74) is -0.0222. The summed E-state index contributed by atoms with van der Waals surface area (Å²) in [6, 6.07) is 9.88. The Morgan fingerprint density at radius 2 is 1.91 bits per heavy atom. The van der Waals surface area contributed by atoms with Crippen molar-refractivity contribution in [3.05, 3.63) is 64.1 Å². The number of hydrogen-bond acceptors (Lipinski definition) is 6. The monoisotopic (exact) mass is 492 g/mol. The quantitative estimate of drug-likeness (QED) is 0.558. The van der Waals surface area contributed by atoms with E-state index in [1.807, 2.05) is 6.92 Å². The van der Waals surface area contributed by atoms with Crippen LogP contribution >= 0.6 is 11.8 Å². The normalized spacial score (nSPS) is 19.5. The largest absolute Gasteiger partial charge is 0.457 e. The summed E-state index contributed by atoms with van der Waals surface area (Å²) in [4.78, 5) is 36.3. The van der Waals surface area contributed by atoms with Gasteiger partial charge in [-0.2, -0.15) is 13.2 Å². The van der Waals surface area contributed by atoms with E-state index in [0.717, 1.165) is 11.6 Å². The minimum Gasteiger partial charge on any atom is -0.457 e. The number of carbonyl (C=O) groups is 3. The number of carbonyl (C=O) groups excluding carboxylic acids is 3. The molecular weight excluding hydrogens is 473 g/mol. The molecule has 2 heterocycles. The van der Waals surface area contributed by atoms with Gasteiger partial charge in [0.25, 0.3) is 11.1 Å². The van der Waals surface area contributed by atoms with Gasteiger partial charge in [0.15, 0.2) is 0 Å². The minimum absolute atomic E-state index is 0.0124. The summed E-state index contributed by atoms with van der Waals surface area (Å²) in [6.07, 6.45) is -3.30. The van der Waals surface area contributed by atoms with Crippen LogP contribution in [0.5, 0.6) is 11.5 Å². The zero-order valence-corrected chi connectivity index (χ0v) is 18.7. The zero-order valence-electron chi connectivity index (χ0n) is 17.8. The van der Waals surface area contributed by atoms with E-state index in [4.69, 9.17) is 9.47 Å². The van der Waals surface area contributed by atoms with E-state index in [9.17, 15) is 27.6 Å². The standard InChI is InChI=1S/C23H19F3N2O5S/c1-2-28-15(12-32-22(28)31)9-13-3-6-16(7-4-13)33-18-8-5-14(10-17(18)23(24,25)26)11-19-20(29)27-21(30)34-19/h3-8,10-11,15H,2,9,12H2,1H3,(H,27,29,30). The fraction of sp³-hybridized carbons (Fsp3) is 0.261. The number of imide groups is 1. The third kappa shape index (κ3) is 5.19. The number of likely N-dealkylation sites (N-methyl/N-ethyl adjacent to an activating group) is 1. The Hall–Kier alpha value is -3.47. The Balaban J connectivity index is 1.52. The summed E-state index contributed by atoms with van der Waals surface area (Å²) >= 11 is 0.622. The molecule has 2 saturated heterocycles. The molecule has 2 fully saturated rings. The second-order valence-electron chi connectivity index (χ2n) is 7.57. The number of rotatable bonds is 6. The average molecular weight is 492 g/mol. The molecule has 0 bridgehead atoms. The van der Waals surface area contributed by atoms with E-state index in [-0.39, 0.29) is 35.0 Å². The molecule has 34 heavy (non-hydrogen) atoms. The van der Waals surface area contributed by atoms with Gasteiger partial charge in [0.05, 0.1) is 16.5 Å². The summed E-state index contributed by atoms with van der Waals surface area (Å²) in [7, 11) is 0. The Labute approximate surface area is 196 Å². The molecule has 2 aromatic rings. The van der Waals surface area contributed by atoms with E-state index in [2.05, 4.69) is 5.32 Å². The van der Waals surface area contributed by atoms with E-state index >= 15 is 0 Å². The molecule has 0 saturated carbocycles. The highest BCUT2D eigenvalue weighted by Crippen LogP contribution is 2.39. The molecule has 7 nitrogen and oxygen atoms in total. The molecule has 0 spiro atoms. The van der Waals surface area contributed by atoms with Gasteiger partial charge in [0, 0.05) is 6.54 Å². The van der Waals surface area contributed by atoms with Crippen LogP contribution in [-0.4, -0.2) is 41.3 Å². The Morgan fingerprint density at radius 1 is 1.18 bits per heavy atom. The summed E-state index contributed by atoms with van der Waals surface area (Å²) in [6.45, 7) is 2.67. The number of nitrogens with zero attached hydrogens (tertiary/aromatic N) is 1. The number of hydrogen-bond donors (Lipinski definition) is 1. The molecule has 0 radical (unpaired) electrons. The molecule has 0 aliphatic carbocycles. The Bertz CT molecular complexity index is 1160. The molecule has 3 amide bonds. The first-order chi connectivity index (χ1) is 16.1. The third-order valence-corrected chi connectivity index (χ3v) is 6.10. The van der Waals surface area contributed by atoms with Crippen LogP contribution in [-0.2, 0) is 22.1 Å². The number of alkyl halides is 3. The highest BCUT2D eigenvalue weighted by Gasteiger charge is 2.35. The third-order valence-electron chi connectivity index (χ3n) is 5.29. The molecule has 1 N–H and O–H groups in total. The number of amides is 3. The van der Waals surface area contributed by atoms with Crippen LogP contribution in [0.1, 0.15) is 23.6 Å². The van der Waals surface area contributed by atoms with Crippen molar-refractivity contribution in [3.8, 4) is 11.5 Å². The highest BCUT2D eigenvalue weighted by molar-refractivity contribution is 8.18. The van der Waals surface area contributed by atoms with Gasteiger partial charge in [0.1, 0.15) is 18.1 Å². The molecule has 2 aliphatic heterocycles. The molecule has 178 valence electrons. The fourth-order valence-corrected chi connectivity index (χ4v) is 4.34. The molecule has 2 aromatic carbocycles. The molecule has 11 heteroatoms. The van der Waals surface area contributed by atoms with Crippen molar-refractivity contribution >= 4 is 35.1 Å². The summed E-state index contributed by atoms with van der Waals surface area (Å²) in [5, 5.41) is 1.48. The van der Waals surface area contributed by atoms with Gasteiger partial charge in [-0.3, -0.25) is 14.9 Å². The summed E-state index contributed by atoms with van der Waals surface area (Å²) in [5.74, 6) is -0.837. The first-order valence-corrected chi connectivity index (χ1v) is 11.1. The van der Waals surface area contributed by atoms with Crippen LogP contribution in [0.3, 0.4) is 0 Å². The van der Waals surface area contributed by atoms with E-state index in [1.54, 1.807) is 29.2 Å². The number of halogens is 3. The van der Waals surface area contributed by atoms with E-state index in [1.165, 1.54) is 18.2 Å². The van der Waals surface area contributed by atoms with Gasteiger partial charge in [-0.25, -0.2) is 4.79 Å². The second kappa shape index (κ2) is 9.41. The van der Waals surface area contributed by atoms with Crippen molar-refractivity contribution in [1.82, 2.24) is 10.2 Å². The molecular formula is C23H19F3N2O5S. The van der Waals surface area contributed by atoms with Crippen LogP contribution in [0.4, 0.5) is 22.8 Å². The topological polar surface area (TPSA) is 84.9 Å². The highest BCUT2D eigenvalue weighted by atomic mass is 32.2. The summed E-state index contributed by atoms with van der Waals surface area (Å²) < 4.78 is 51.7. The van der Waals surface area contributed by atoms with Gasteiger partial charge in [-0.15, -0.1) is 0 Å². The van der Waals surface area contributed by atoms with Crippen molar-refractivity contribution in [3.63, 3.8) is 0 Å². The first-order valence-electron chi connectivity index (χ1n) is 10.3. The minimum atomic E-state index is -4.71. The average Bonchev–Trinajstić information content (AvgIpc) is 3.29. The maximum atomic E-state index is 13.7. The lowest BCUT2D eigenvalue weighted by molar-refractivity contribution is -0.138. The predicted octanol–water partition coefficient (Wildman–Crippen LogP) is 5.20. The maximum Gasteiger partial charge on any atom is 0.420 e. The Kier molecular flexibility index (Phi) is 6.56. The molecule has 4 rings (SSSR count). The lowest BCUT2D eigenvalue weighted by atomic mass is 10.1. The van der Waals surface area contributed by atoms with Crippen LogP contribution < -0.4 is 10.1 Å². The molecule has 2 aliphatic rings. The first kappa shape index (κ1) is 23.7. The predicted molar refractivity (Wildman–Crippen MR) is 118 cm³/mol. The number of nitrogens with one attached hydrogen (secondary N) is 1. The lowest BCUT2D eigenvalue weighted by Crippen LogP contribution is -2.34. The van der Waals surface area contributed by atoms with Crippen molar-refractivity contribution in [2.75, 3.05) is 13.2 Å². The van der Waals surface area contributed by atoms with Gasteiger partial charge in [-0.05, 0) is 66.6 Å². The molecule has 0 aromatic heterocycles. The number of ether oxygens (including phenoxy) is 2. The van der Waals surface area contributed by atoms with Gasteiger partial charge < -0.3 is 14.4 Å². The van der Waals surface area contributed by atoms with Crippen molar-refractivity contribution < 1.29 is 37.0 Å². The van der Waals surface area contributed by atoms with E-state index < -0.39 is 28.6 Å². The lowest BCUT2D eigenvalue weighted by Gasteiger charge is -2.19. The number of benzene rings is 2. The van der Waals surface area contributed by atoms with Crippen LogP contribution in [0, 0.1) is 0 Å². The Morgan fingerprint density at radius 3 is 2.53 bits per heavy atom. The molecule has 1 unspecified atom stereocenters. The van der Waals surface area contributed by atoms with E-state index in [0.29, 0.717) is 24.7 Å². The maximum absolute atomic E-state index is 13.7. The zero-order chi connectivity index (χ0) is 24.5. The smallest absolute Gasteiger partial charge is 0.420 e. The molecule has 1 atom stereocenters. The second-order valence-corrected chi connectivity index (χ2v) is 8.59. The fourth-order valence-electron chi connectivity index (χ4n) is 3.66. The number of cyclic esters (lactones) is 1. The van der Waals surface area contributed by atoms with Gasteiger partial charge in [0.2, 0.25) is 0 Å². The van der Waals surface area contributed by atoms with Crippen LogP contribution in [0.15, 0.2) is 47.4 Å². The van der Waals surface area contributed by atoms with Gasteiger partial charge >= 0.3 is 12.3 Å².